The summed E-state index contributed by atoms with van der Waals surface area (Å²) in [4.78, 5) is 12.9. The maximum Gasteiger partial charge on any atom is 0.220 e. The largest absolute Gasteiger partial charge is 0.394 e. The van der Waals surface area contributed by atoms with Crippen LogP contribution in [0.2, 0.25) is 0 Å². The Morgan fingerprint density at radius 2 is 0.909 bits per heavy atom. The van der Waals surface area contributed by atoms with Gasteiger partial charge >= 0.3 is 0 Å². The normalized spacial score (nSPS) is 21.2. The van der Waals surface area contributed by atoms with Crippen LogP contribution in [0.15, 0.2) is 0 Å². The molecule has 0 bridgehead atoms. The monoisotopic (exact) mass is 786 g/mol. The van der Waals surface area contributed by atoms with Crippen molar-refractivity contribution in [2.24, 2.45) is 0 Å². The lowest BCUT2D eigenvalue weighted by Gasteiger charge is -2.40. The molecule has 0 aliphatic carbocycles. The van der Waals surface area contributed by atoms with Crippen LogP contribution < -0.4 is 5.32 Å². The molecule has 1 amide bonds. The minimum atomic E-state index is -1.55. The van der Waals surface area contributed by atoms with Crippen molar-refractivity contribution in [2.45, 2.75) is 275 Å². The zero-order chi connectivity index (χ0) is 40.2. The van der Waals surface area contributed by atoms with Crippen LogP contribution in [0.5, 0.6) is 0 Å². The SMILES string of the molecule is CCCCCCCCCCCCCCCCCCCCCCCCCCCCCC(=O)NC(COC1OC(CO)C(O)C(O)C1O)C(O)CCCCCCC. The molecule has 9 heteroatoms. The fourth-order valence-electron chi connectivity index (χ4n) is 7.87. The Balaban J connectivity index is 2.05. The molecule has 328 valence electrons. The number of unbranched alkanes of at least 4 members (excludes halogenated alkanes) is 30. The summed E-state index contributed by atoms with van der Waals surface area (Å²) in [6, 6.07) is -0.708. The second-order valence-corrected chi connectivity index (χ2v) is 16.9. The van der Waals surface area contributed by atoms with Crippen molar-refractivity contribution in [3.63, 3.8) is 0 Å². The molecule has 1 fully saturated rings. The molecule has 1 heterocycles. The Bertz CT molecular complexity index is 832. The molecule has 7 atom stereocenters. The number of hydrogen-bond acceptors (Lipinski definition) is 8. The van der Waals surface area contributed by atoms with Crippen molar-refractivity contribution in [1.29, 1.82) is 0 Å². The summed E-state index contributed by atoms with van der Waals surface area (Å²) < 4.78 is 11.2. The van der Waals surface area contributed by atoms with Crippen molar-refractivity contribution >= 4 is 5.91 Å². The van der Waals surface area contributed by atoms with Crippen LogP contribution in [0, 0.1) is 0 Å². The molecule has 1 aliphatic heterocycles. The number of amides is 1. The van der Waals surface area contributed by atoms with E-state index in [1.165, 1.54) is 154 Å². The van der Waals surface area contributed by atoms with Gasteiger partial charge in [-0.2, -0.15) is 0 Å². The van der Waals surface area contributed by atoms with Crippen LogP contribution in [0.1, 0.15) is 232 Å². The first-order valence-electron chi connectivity index (χ1n) is 23.7. The average Bonchev–Trinajstić information content (AvgIpc) is 3.18. The number of carbonyl (C=O) groups excluding carboxylic acids is 1. The van der Waals surface area contributed by atoms with Gasteiger partial charge in [0.15, 0.2) is 6.29 Å². The highest BCUT2D eigenvalue weighted by molar-refractivity contribution is 5.76. The molecular formula is C46H91NO8. The maximum atomic E-state index is 12.9. The van der Waals surface area contributed by atoms with Crippen LogP contribution in [0.25, 0.3) is 0 Å². The van der Waals surface area contributed by atoms with Crippen LogP contribution in [-0.2, 0) is 14.3 Å². The lowest BCUT2D eigenvalue weighted by atomic mass is 9.99. The molecule has 0 aromatic heterocycles. The van der Waals surface area contributed by atoms with E-state index < -0.39 is 49.5 Å². The van der Waals surface area contributed by atoms with Gasteiger partial charge in [0, 0.05) is 6.42 Å². The van der Waals surface area contributed by atoms with Gasteiger partial charge in [-0.05, 0) is 12.8 Å². The Labute approximate surface area is 338 Å². The van der Waals surface area contributed by atoms with Crippen LogP contribution in [-0.4, -0.2) is 87.5 Å². The summed E-state index contributed by atoms with van der Waals surface area (Å²) in [5.41, 5.74) is 0. The van der Waals surface area contributed by atoms with Crippen molar-refractivity contribution < 1.29 is 39.8 Å². The van der Waals surface area contributed by atoms with E-state index in [0.29, 0.717) is 12.8 Å². The minimum absolute atomic E-state index is 0.135. The van der Waals surface area contributed by atoms with E-state index in [2.05, 4.69) is 19.2 Å². The van der Waals surface area contributed by atoms with Gasteiger partial charge in [-0.3, -0.25) is 4.79 Å². The fraction of sp³-hybridized carbons (Fsp3) is 0.978. The molecule has 0 radical (unpaired) electrons. The first kappa shape index (κ1) is 52.2. The average molecular weight is 786 g/mol. The lowest BCUT2D eigenvalue weighted by Crippen LogP contribution is -2.60. The van der Waals surface area contributed by atoms with E-state index in [0.717, 1.165) is 51.4 Å². The summed E-state index contributed by atoms with van der Waals surface area (Å²) >= 11 is 0. The quantitative estimate of drug-likeness (QED) is 0.0337. The standard InChI is InChI=1S/C46H91NO8/c1-3-5-7-9-10-11-12-13-14-15-16-17-18-19-20-21-22-23-24-25-26-27-28-29-30-32-34-36-42(50)47-39(40(49)35-33-31-8-6-4-2)38-54-46-45(53)44(52)43(51)41(37-48)55-46/h39-41,43-46,48-49,51-53H,3-38H2,1-2H3,(H,47,50). The van der Waals surface area contributed by atoms with E-state index in [1.54, 1.807) is 0 Å². The molecule has 1 aliphatic rings. The topological polar surface area (TPSA) is 149 Å². The first-order valence-corrected chi connectivity index (χ1v) is 23.7. The van der Waals surface area contributed by atoms with Gasteiger partial charge in [-0.1, -0.05) is 213 Å². The molecule has 1 saturated heterocycles. The summed E-state index contributed by atoms with van der Waals surface area (Å²) in [5, 5.41) is 53.9. The van der Waals surface area contributed by atoms with Crippen molar-refractivity contribution in [2.75, 3.05) is 13.2 Å². The number of aliphatic hydroxyl groups is 5. The van der Waals surface area contributed by atoms with E-state index >= 15 is 0 Å². The molecule has 0 spiro atoms. The van der Waals surface area contributed by atoms with Gasteiger partial charge in [0.25, 0.3) is 0 Å². The van der Waals surface area contributed by atoms with E-state index in [4.69, 9.17) is 9.47 Å². The Morgan fingerprint density at radius 1 is 0.545 bits per heavy atom. The second kappa shape index (κ2) is 37.5. The third-order valence-corrected chi connectivity index (χ3v) is 11.7. The van der Waals surface area contributed by atoms with E-state index in [1.807, 2.05) is 0 Å². The zero-order valence-electron chi connectivity index (χ0n) is 36.0. The minimum Gasteiger partial charge on any atom is -0.394 e. The van der Waals surface area contributed by atoms with Crippen LogP contribution >= 0.6 is 0 Å². The summed E-state index contributed by atoms with van der Waals surface area (Å²) in [7, 11) is 0. The summed E-state index contributed by atoms with van der Waals surface area (Å²) in [5.74, 6) is -0.146. The third-order valence-electron chi connectivity index (χ3n) is 11.7. The lowest BCUT2D eigenvalue weighted by molar-refractivity contribution is -0.302. The summed E-state index contributed by atoms with van der Waals surface area (Å²) in [6.45, 7) is 3.76. The molecule has 0 aromatic carbocycles. The molecule has 6 N–H and O–H groups in total. The van der Waals surface area contributed by atoms with Gasteiger partial charge < -0.3 is 40.3 Å². The van der Waals surface area contributed by atoms with E-state index in [9.17, 15) is 30.3 Å². The van der Waals surface area contributed by atoms with Gasteiger partial charge in [0.2, 0.25) is 5.91 Å². The molecular weight excluding hydrogens is 695 g/mol. The summed E-state index contributed by atoms with van der Waals surface area (Å²) in [6.07, 6.45) is 34.7. The van der Waals surface area contributed by atoms with Gasteiger partial charge in [0.1, 0.15) is 24.4 Å². The number of aliphatic hydroxyl groups excluding tert-OH is 5. The zero-order valence-corrected chi connectivity index (χ0v) is 36.0. The van der Waals surface area contributed by atoms with Crippen molar-refractivity contribution in [3.05, 3.63) is 0 Å². The Kier molecular flexibility index (Phi) is 35.6. The first-order chi connectivity index (χ1) is 26.8. The highest BCUT2D eigenvalue weighted by Gasteiger charge is 2.44. The van der Waals surface area contributed by atoms with Gasteiger partial charge in [0.05, 0.1) is 25.4 Å². The molecule has 55 heavy (non-hydrogen) atoms. The van der Waals surface area contributed by atoms with Crippen molar-refractivity contribution in [1.82, 2.24) is 5.32 Å². The van der Waals surface area contributed by atoms with Gasteiger partial charge in [-0.15, -0.1) is 0 Å². The van der Waals surface area contributed by atoms with Gasteiger partial charge in [-0.25, -0.2) is 0 Å². The fourth-order valence-corrected chi connectivity index (χ4v) is 7.87. The van der Waals surface area contributed by atoms with Crippen molar-refractivity contribution in [3.8, 4) is 0 Å². The predicted molar refractivity (Wildman–Crippen MR) is 226 cm³/mol. The molecule has 1 rings (SSSR count). The maximum absolute atomic E-state index is 12.9. The number of ether oxygens (including phenoxy) is 2. The second-order valence-electron chi connectivity index (χ2n) is 16.9. The number of nitrogens with one attached hydrogen (secondary N) is 1. The number of hydrogen-bond donors (Lipinski definition) is 6. The Morgan fingerprint density at radius 3 is 1.29 bits per heavy atom. The predicted octanol–water partition coefficient (Wildman–Crippen LogP) is 9.95. The molecule has 9 nitrogen and oxygen atoms in total. The molecule has 0 aromatic rings. The Hall–Kier alpha value is -0.810. The highest BCUT2D eigenvalue weighted by atomic mass is 16.7. The molecule has 0 saturated carbocycles. The van der Waals surface area contributed by atoms with Crippen LogP contribution in [0.4, 0.5) is 0 Å². The van der Waals surface area contributed by atoms with Crippen LogP contribution in [0.3, 0.4) is 0 Å². The number of rotatable bonds is 40. The number of carbonyl (C=O) groups is 1. The molecule has 7 unspecified atom stereocenters. The third kappa shape index (κ3) is 28.3. The van der Waals surface area contributed by atoms with E-state index in [-0.39, 0.29) is 12.5 Å². The highest BCUT2D eigenvalue weighted by Crippen LogP contribution is 2.23. The smallest absolute Gasteiger partial charge is 0.220 e.